The van der Waals surface area contributed by atoms with Crippen LogP contribution in [0.5, 0.6) is 0 Å². The normalized spacial score (nSPS) is 21.4. The number of aryl methyl sites for hydroxylation is 1. The fraction of sp³-hybridized carbons (Fsp3) is 0.500. The summed E-state index contributed by atoms with van der Waals surface area (Å²) >= 11 is 0. The molecule has 1 aromatic heterocycles. The van der Waals surface area contributed by atoms with E-state index in [2.05, 4.69) is 46.1 Å². The zero-order valence-corrected chi connectivity index (χ0v) is 17.0. The second-order valence-electron chi connectivity index (χ2n) is 7.46. The topological polar surface area (TPSA) is 66.4 Å². The molecule has 0 bridgehead atoms. The van der Waals surface area contributed by atoms with Crippen LogP contribution < -0.4 is 10.0 Å². The Kier molecular flexibility index (Phi) is 6.70. The molecule has 1 fully saturated rings. The van der Waals surface area contributed by atoms with Crippen molar-refractivity contribution in [1.29, 1.82) is 0 Å². The summed E-state index contributed by atoms with van der Waals surface area (Å²) in [5.74, 6) is 0.586. The second kappa shape index (κ2) is 9.01. The van der Waals surface area contributed by atoms with E-state index in [1.54, 1.807) is 23.0 Å². The number of hydrogen-bond acceptors (Lipinski definition) is 4. The SMILES string of the molecule is C[C@@H]1CCN(Cc2ccccc2)C[C@H]1NCCNS(=O)(=O)c1ccn(C)c1. The fourth-order valence-corrected chi connectivity index (χ4v) is 4.63. The first-order chi connectivity index (χ1) is 12.9. The second-order valence-corrected chi connectivity index (χ2v) is 9.22. The number of rotatable bonds is 8. The molecule has 2 N–H and O–H groups in total. The summed E-state index contributed by atoms with van der Waals surface area (Å²) in [7, 11) is -1.62. The minimum absolute atomic E-state index is 0.310. The molecule has 0 spiro atoms. The summed E-state index contributed by atoms with van der Waals surface area (Å²) in [6.45, 7) is 6.34. The van der Waals surface area contributed by atoms with Crippen molar-refractivity contribution < 1.29 is 8.42 Å². The molecule has 1 aliphatic rings. The first-order valence-electron chi connectivity index (χ1n) is 9.55. The molecule has 3 rings (SSSR count). The minimum atomic E-state index is -3.43. The Morgan fingerprint density at radius 2 is 1.93 bits per heavy atom. The number of sulfonamides is 1. The standard InChI is InChI=1S/C20H30N4O2S/c1-17-8-13-24(14-18-6-4-3-5-7-18)16-20(17)21-10-11-22-27(25,26)19-9-12-23(2)15-19/h3-7,9,12,15,17,20-22H,8,10-11,13-14,16H2,1-2H3/t17-,20-/m1/s1. The van der Waals surface area contributed by atoms with E-state index in [1.165, 1.54) is 5.56 Å². The molecule has 1 aliphatic heterocycles. The molecule has 0 radical (unpaired) electrons. The molecule has 1 saturated heterocycles. The van der Waals surface area contributed by atoms with Crippen LogP contribution >= 0.6 is 0 Å². The Bertz CT molecular complexity index is 820. The summed E-state index contributed by atoms with van der Waals surface area (Å²) in [6, 6.07) is 12.5. The number of nitrogens with one attached hydrogen (secondary N) is 2. The minimum Gasteiger partial charge on any atom is -0.356 e. The monoisotopic (exact) mass is 390 g/mol. The van der Waals surface area contributed by atoms with Gasteiger partial charge in [-0.05, 0) is 30.5 Å². The molecule has 7 heteroatoms. The lowest BCUT2D eigenvalue weighted by atomic mass is 9.93. The maximum absolute atomic E-state index is 12.3. The van der Waals surface area contributed by atoms with E-state index in [4.69, 9.17) is 0 Å². The Balaban J connectivity index is 1.45. The van der Waals surface area contributed by atoms with Crippen LogP contribution in [0, 0.1) is 5.92 Å². The summed E-state index contributed by atoms with van der Waals surface area (Å²) < 4.78 is 28.9. The number of likely N-dealkylation sites (tertiary alicyclic amines) is 1. The van der Waals surface area contributed by atoms with Crippen molar-refractivity contribution >= 4 is 10.0 Å². The van der Waals surface area contributed by atoms with Gasteiger partial charge in [0.15, 0.2) is 0 Å². The van der Waals surface area contributed by atoms with Crippen LogP contribution in [0.25, 0.3) is 0 Å². The van der Waals surface area contributed by atoms with E-state index >= 15 is 0 Å². The highest BCUT2D eigenvalue weighted by Gasteiger charge is 2.25. The molecule has 2 atom stereocenters. The molecule has 0 saturated carbocycles. The molecule has 6 nitrogen and oxygen atoms in total. The van der Waals surface area contributed by atoms with Crippen molar-refractivity contribution in [3.63, 3.8) is 0 Å². The van der Waals surface area contributed by atoms with E-state index in [1.807, 2.05) is 13.1 Å². The number of piperidine rings is 1. The molecule has 27 heavy (non-hydrogen) atoms. The zero-order chi connectivity index (χ0) is 19.3. The van der Waals surface area contributed by atoms with E-state index in [0.717, 1.165) is 26.1 Å². The predicted molar refractivity (Wildman–Crippen MR) is 108 cm³/mol. The van der Waals surface area contributed by atoms with Gasteiger partial charge in [0, 0.05) is 51.7 Å². The lowest BCUT2D eigenvalue weighted by Crippen LogP contribution is -2.51. The maximum Gasteiger partial charge on any atom is 0.242 e. The van der Waals surface area contributed by atoms with Gasteiger partial charge in [-0.2, -0.15) is 0 Å². The van der Waals surface area contributed by atoms with Crippen molar-refractivity contribution in [1.82, 2.24) is 19.5 Å². The summed E-state index contributed by atoms with van der Waals surface area (Å²) in [5.41, 5.74) is 1.33. The highest BCUT2D eigenvalue weighted by molar-refractivity contribution is 7.89. The van der Waals surface area contributed by atoms with E-state index in [9.17, 15) is 8.42 Å². The van der Waals surface area contributed by atoms with Crippen molar-refractivity contribution in [2.24, 2.45) is 13.0 Å². The lowest BCUT2D eigenvalue weighted by molar-refractivity contribution is 0.143. The zero-order valence-electron chi connectivity index (χ0n) is 16.1. The van der Waals surface area contributed by atoms with Gasteiger partial charge in [-0.1, -0.05) is 37.3 Å². The van der Waals surface area contributed by atoms with Gasteiger partial charge in [-0.3, -0.25) is 4.90 Å². The van der Waals surface area contributed by atoms with Crippen LogP contribution in [0.15, 0.2) is 53.7 Å². The van der Waals surface area contributed by atoms with Gasteiger partial charge in [0.05, 0.1) is 4.90 Å². The predicted octanol–water partition coefficient (Wildman–Crippen LogP) is 1.80. The van der Waals surface area contributed by atoms with Crippen LogP contribution in [-0.2, 0) is 23.6 Å². The molecule has 0 amide bonds. The van der Waals surface area contributed by atoms with Crippen molar-refractivity contribution in [3.05, 3.63) is 54.4 Å². The third-order valence-corrected chi connectivity index (χ3v) is 6.68. The quantitative estimate of drug-likeness (QED) is 0.675. The summed E-state index contributed by atoms with van der Waals surface area (Å²) in [6.07, 6.45) is 4.50. The third kappa shape index (κ3) is 5.65. The lowest BCUT2D eigenvalue weighted by Gasteiger charge is -2.37. The first-order valence-corrected chi connectivity index (χ1v) is 11.0. The van der Waals surface area contributed by atoms with E-state index < -0.39 is 10.0 Å². The Hall–Kier alpha value is -1.67. The number of aromatic nitrogens is 1. The fourth-order valence-electron chi connectivity index (χ4n) is 3.55. The number of hydrogen-bond donors (Lipinski definition) is 2. The number of benzene rings is 1. The highest BCUT2D eigenvalue weighted by atomic mass is 32.2. The Morgan fingerprint density at radius 1 is 1.15 bits per heavy atom. The highest BCUT2D eigenvalue weighted by Crippen LogP contribution is 2.19. The van der Waals surface area contributed by atoms with Gasteiger partial charge >= 0.3 is 0 Å². The van der Waals surface area contributed by atoms with Crippen molar-refractivity contribution in [3.8, 4) is 0 Å². The van der Waals surface area contributed by atoms with E-state index in [0.29, 0.717) is 29.9 Å². The van der Waals surface area contributed by atoms with Crippen molar-refractivity contribution in [2.45, 2.75) is 30.8 Å². The van der Waals surface area contributed by atoms with Gasteiger partial charge in [-0.15, -0.1) is 0 Å². The average molecular weight is 391 g/mol. The van der Waals surface area contributed by atoms with Crippen LogP contribution in [0.3, 0.4) is 0 Å². The van der Waals surface area contributed by atoms with Crippen molar-refractivity contribution in [2.75, 3.05) is 26.2 Å². The van der Waals surface area contributed by atoms with Crippen LogP contribution in [0.1, 0.15) is 18.9 Å². The van der Waals surface area contributed by atoms with Gasteiger partial charge in [0.1, 0.15) is 0 Å². The molecular weight excluding hydrogens is 360 g/mol. The molecule has 148 valence electrons. The largest absolute Gasteiger partial charge is 0.356 e. The van der Waals surface area contributed by atoms with Crippen LogP contribution in [0.2, 0.25) is 0 Å². The van der Waals surface area contributed by atoms with Gasteiger partial charge in [0.25, 0.3) is 0 Å². The maximum atomic E-state index is 12.3. The van der Waals surface area contributed by atoms with Gasteiger partial charge in [-0.25, -0.2) is 13.1 Å². The summed E-state index contributed by atoms with van der Waals surface area (Å²) in [5, 5.41) is 3.54. The molecular formula is C20H30N4O2S. The van der Waals surface area contributed by atoms with Crippen LogP contribution in [0.4, 0.5) is 0 Å². The van der Waals surface area contributed by atoms with Crippen LogP contribution in [-0.4, -0.2) is 50.1 Å². The first kappa shape index (κ1) is 20.1. The number of nitrogens with zero attached hydrogens (tertiary/aromatic N) is 2. The average Bonchev–Trinajstić information content (AvgIpc) is 3.09. The smallest absolute Gasteiger partial charge is 0.242 e. The molecule has 2 aromatic rings. The summed E-state index contributed by atoms with van der Waals surface area (Å²) in [4.78, 5) is 2.78. The molecule has 0 aliphatic carbocycles. The van der Waals surface area contributed by atoms with E-state index in [-0.39, 0.29) is 0 Å². The molecule has 2 heterocycles. The third-order valence-electron chi connectivity index (χ3n) is 5.23. The molecule has 0 unspecified atom stereocenters. The van der Waals surface area contributed by atoms with Gasteiger partial charge < -0.3 is 9.88 Å². The molecule has 1 aromatic carbocycles. The Labute approximate surface area is 162 Å². The van der Waals surface area contributed by atoms with Gasteiger partial charge in [0.2, 0.25) is 10.0 Å². The Morgan fingerprint density at radius 3 is 2.63 bits per heavy atom.